The van der Waals surface area contributed by atoms with Crippen LogP contribution in [-0.4, -0.2) is 4.98 Å². The summed E-state index contributed by atoms with van der Waals surface area (Å²) in [4.78, 5) is 3.56. The minimum Gasteiger partial charge on any atom is -0.321 e. The van der Waals surface area contributed by atoms with Crippen molar-refractivity contribution in [3.8, 4) is 0 Å². The number of pyridine rings is 1. The third-order valence-electron chi connectivity index (χ3n) is 2.43. The first-order valence-corrected chi connectivity index (χ1v) is 4.23. The number of aromatic nitrogens is 1. The van der Waals surface area contributed by atoms with Gasteiger partial charge in [-0.15, -0.1) is 12.4 Å². The quantitative estimate of drug-likeness (QED) is 0.816. The van der Waals surface area contributed by atoms with E-state index in [1.807, 2.05) is 0 Å². The Morgan fingerprint density at radius 3 is 2.33 bits per heavy atom. The smallest absolute Gasteiger partial charge is 0.321 e. The normalized spacial score (nSPS) is 18.1. The van der Waals surface area contributed by atoms with Gasteiger partial charge in [-0.25, -0.2) is 0 Å². The van der Waals surface area contributed by atoms with Gasteiger partial charge in [0.2, 0.25) is 0 Å². The highest BCUT2D eigenvalue weighted by Crippen LogP contribution is 2.43. The second-order valence-electron chi connectivity index (χ2n) is 3.62. The molecular formula is C9H10ClF3N2. The molecule has 15 heavy (non-hydrogen) atoms. The Kier molecular flexibility index (Phi) is 2.98. The van der Waals surface area contributed by atoms with Crippen LogP contribution < -0.4 is 5.73 Å². The second-order valence-corrected chi connectivity index (χ2v) is 3.62. The van der Waals surface area contributed by atoms with Crippen LogP contribution in [0.2, 0.25) is 0 Å². The maximum atomic E-state index is 12.3. The van der Waals surface area contributed by atoms with Crippen molar-refractivity contribution in [3.63, 3.8) is 0 Å². The summed E-state index contributed by atoms with van der Waals surface area (Å²) in [6, 6.07) is 1.08. The Balaban J connectivity index is 0.00000112. The van der Waals surface area contributed by atoms with Crippen molar-refractivity contribution in [3.05, 3.63) is 29.6 Å². The Bertz CT molecular complexity index is 340. The largest absolute Gasteiger partial charge is 0.417 e. The van der Waals surface area contributed by atoms with Gasteiger partial charge < -0.3 is 5.73 Å². The van der Waals surface area contributed by atoms with Crippen molar-refractivity contribution in [1.29, 1.82) is 0 Å². The number of nitrogens with zero attached hydrogens (tertiary/aromatic N) is 1. The van der Waals surface area contributed by atoms with Crippen molar-refractivity contribution in [2.75, 3.05) is 0 Å². The second kappa shape index (κ2) is 3.64. The van der Waals surface area contributed by atoms with E-state index in [-0.39, 0.29) is 12.4 Å². The van der Waals surface area contributed by atoms with E-state index < -0.39 is 17.3 Å². The molecule has 0 radical (unpaired) electrons. The molecule has 1 aromatic rings. The van der Waals surface area contributed by atoms with Crippen LogP contribution in [0.4, 0.5) is 13.2 Å². The maximum Gasteiger partial charge on any atom is 0.417 e. The predicted octanol–water partition coefficient (Wildman–Crippen LogP) is 2.47. The van der Waals surface area contributed by atoms with Crippen LogP contribution in [0, 0.1) is 0 Å². The molecular weight excluding hydrogens is 229 g/mol. The van der Waals surface area contributed by atoms with Gasteiger partial charge in [0.05, 0.1) is 5.56 Å². The lowest BCUT2D eigenvalue weighted by Gasteiger charge is -2.11. The summed E-state index contributed by atoms with van der Waals surface area (Å²) < 4.78 is 36.9. The molecule has 0 bridgehead atoms. The fourth-order valence-corrected chi connectivity index (χ4v) is 1.29. The average Bonchev–Trinajstić information content (AvgIpc) is 2.84. The molecule has 0 saturated heterocycles. The van der Waals surface area contributed by atoms with Gasteiger partial charge in [-0.2, -0.15) is 13.2 Å². The summed E-state index contributed by atoms with van der Waals surface area (Å²) in [5.74, 6) is 0. The number of halogens is 4. The van der Waals surface area contributed by atoms with Crippen LogP contribution in [0.5, 0.6) is 0 Å². The third-order valence-corrected chi connectivity index (χ3v) is 2.43. The maximum absolute atomic E-state index is 12.3. The molecule has 2 nitrogen and oxygen atoms in total. The molecule has 1 saturated carbocycles. The van der Waals surface area contributed by atoms with Crippen molar-refractivity contribution in [2.45, 2.75) is 24.6 Å². The van der Waals surface area contributed by atoms with Gasteiger partial charge in [0.15, 0.2) is 0 Å². The summed E-state index contributed by atoms with van der Waals surface area (Å²) in [6.07, 6.45) is -0.655. The molecule has 84 valence electrons. The molecule has 1 aliphatic carbocycles. The minimum absolute atomic E-state index is 0. The monoisotopic (exact) mass is 238 g/mol. The van der Waals surface area contributed by atoms with Gasteiger partial charge in [0.25, 0.3) is 0 Å². The lowest BCUT2D eigenvalue weighted by atomic mass is 10.1. The van der Waals surface area contributed by atoms with E-state index in [1.54, 1.807) is 0 Å². The van der Waals surface area contributed by atoms with Crippen molar-refractivity contribution >= 4 is 12.4 Å². The van der Waals surface area contributed by atoms with Gasteiger partial charge in [0.1, 0.15) is 0 Å². The summed E-state index contributed by atoms with van der Waals surface area (Å²) in [5, 5.41) is 0. The fraction of sp³-hybridized carbons (Fsp3) is 0.444. The van der Waals surface area contributed by atoms with E-state index in [0.717, 1.165) is 25.1 Å². The Hall–Kier alpha value is -0.810. The number of hydrogen-bond acceptors (Lipinski definition) is 2. The summed E-state index contributed by atoms with van der Waals surface area (Å²) in [6.45, 7) is 0. The number of rotatable bonds is 1. The van der Waals surface area contributed by atoms with Gasteiger partial charge in [-0.05, 0) is 24.5 Å². The van der Waals surface area contributed by atoms with E-state index in [4.69, 9.17) is 5.73 Å². The number of alkyl halides is 3. The predicted molar refractivity (Wildman–Crippen MR) is 51.6 cm³/mol. The van der Waals surface area contributed by atoms with Gasteiger partial charge in [-0.3, -0.25) is 4.98 Å². The van der Waals surface area contributed by atoms with Crippen LogP contribution in [0.3, 0.4) is 0 Å². The van der Waals surface area contributed by atoms with Crippen LogP contribution >= 0.6 is 12.4 Å². The summed E-state index contributed by atoms with van der Waals surface area (Å²) in [7, 11) is 0. The van der Waals surface area contributed by atoms with E-state index in [0.29, 0.717) is 5.56 Å². The molecule has 2 rings (SSSR count). The van der Waals surface area contributed by atoms with Crippen LogP contribution in [0.1, 0.15) is 24.0 Å². The Morgan fingerprint density at radius 2 is 1.87 bits per heavy atom. The molecule has 0 spiro atoms. The first kappa shape index (κ1) is 12.3. The van der Waals surface area contributed by atoms with Crippen molar-refractivity contribution in [1.82, 2.24) is 4.98 Å². The molecule has 0 amide bonds. The van der Waals surface area contributed by atoms with E-state index in [1.165, 1.54) is 6.20 Å². The van der Waals surface area contributed by atoms with Crippen molar-refractivity contribution < 1.29 is 13.2 Å². The van der Waals surface area contributed by atoms with E-state index >= 15 is 0 Å². The standard InChI is InChI=1S/C9H9F3N2.ClH/c10-9(11,12)7-3-6(4-14-5-7)8(13)1-2-8;/h3-5H,1-2,13H2;1H. The molecule has 0 aliphatic heterocycles. The molecule has 1 fully saturated rings. The van der Waals surface area contributed by atoms with E-state index in [9.17, 15) is 13.2 Å². The minimum atomic E-state index is -4.34. The lowest BCUT2D eigenvalue weighted by molar-refractivity contribution is -0.137. The van der Waals surface area contributed by atoms with Crippen molar-refractivity contribution in [2.24, 2.45) is 5.73 Å². The summed E-state index contributed by atoms with van der Waals surface area (Å²) in [5.41, 5.74) is 4.96. The van der Waals surface area contributed by atoms with E-state index in [2.05, 4.69) is 4.98 Å². The molecule has 1 heterocycles. The first-order chi connectivity index (χ1) is 6.42. The molecule has 0 atom stereocenters. The fourth-order valence-electron chi connectivity index (χ4n) is 1.29. The van der Waals surface area contributed by atoms with Gasteiger partial charge >= 0.3 is 6.18 Å². The highest BCUT2D eigenvalue weighted by molar-refractivity contribution is 5.85. The zero-order chi connectivity index (χ0) is 10.4. The summed E-state index contributed by atoms with van der Waals surface area (Å²) >= 11 is 0. The molecule has 1 aliphatic rings. The lowest BCUT2D eigenvalue weighted by Crippen LogP contribution is -2.20. The first-order valence-electron chi connectivity index (χ1n) is 4.23. The average molecular weight is 239 g/mol. The zero-order valence-corrected chi connectivity index (χ0v) is 8.53. The molecule has 0 unspecified atom stereocenters. The number of nitrogens with two attached hydrogens (primary N) is 1. The van der Waals surface area contributed by atoms with Crippen LogP contribution in [0.15, 0.2) is 18.5 Å². The molecule has 1 aromatic heterocycles. The Morgan fingerprint density at radius 1 is 1.27 bits per heavy atom. The Labute approximate surface area is 91.1 Å². The molecule has 2 N–H and O–H groups in total. The highest BCUT2D eigenvalue weighted by atomic mass is 35.5. The SMILES string of the molecule is Cl.NC1(c2cncc(C(F)(F)F)c2)CC1. The zero-order valence-electron chi connectivity index (χ0n) is 7.71. The van der Waals surface area contributed by atoms with Gasteiger partial charge in [0, 0.05) is 17.9 Å². The number of hydrogen-bond donors (Lipinski definition) is 1. The van der Waals surface area contributed by atoms with Gasteiger partial charge in [-0.1, -0.05) is 0 Å². The third kappa shape index (κ3) is 2.41. The topological polar surface area (TPSA) is 38.9 Å². The molecule has 6 heteroatoms. The molecule has 0 aromatic carbocycles. The highest BCUT2D eigenvalue weighted by Gasteiger charge is 2.41. The van der Waals surface area contributed by atoms with Crippen LogP contribution in [-0.2, 0) is 11.7 Å². The van der Waals surface area contributed by atoms with Crippen LogP contribution in [0.25, 0.3) is 0 Å².